The number of nitrogens with one attached hydrogen (secondary N) is 1. The van der Waals surface area contributed by atoms with Crippen LogP contribution in [0.1, 0.15) is 39.5 Å². The summed E-state index contributed by atoms with van der Waals surface area (Å²) in [4.78, 5) is 26.3. The molecular weight excluding hydrogens is 404 g/mol. The largest absolute Gasteiger partial charge is 0.497 e. The van der Waals surface area contributed by atoms with Gasteiger partial charge in [-0.3, -0.25) is 4.79 Å². The van der Waals surface area contributed by atoms with E-state index in [0.29, 0.717) is 23.0 Å². The highest BCUT2D eigenvalue weighted by Gasteiger charge is 2.13. The minimum atomic E-state index is -0.191. The molecule has 0 aliphatic rings. The molecule has 0 saturated heterocycles. The van der Waals surface area contributed by atoms with E-state index in [-0.39, 0.29) is 5.56 Å². The zero-order valence-corrected chi connectivity index (χ0v) is 19.4. The maximum Gasteiger partial charge on any atom is 0.249 e. The molecule has 1 aromatic carbocycles. The number of rotatable bonds is 11. The summed E-state index contributed by atoms with van der Waals surface area (Å²) in [5.41, 5.74) is 2.03. The number of aromatic nitrogens is 2. The van der Waals surface area contributed by atoms with Crippen molar-refractivity contribution in [2.45, 2.75) is 39.5 Å². The van der Waals surface area contributed by atoms with Gasteiger partial charge in [-0.1, -0.05) is 26.7 Å². The Hall–Kier alpha value is -3.35. The average molecular weight is 437 g/mol. The van der Waals surface area contributed by atoms with Crippen molar-refractivity contribution in [1.82, 2.24) is 14.9 Å². The smallest absolute Gasteiger partial charge is 0.249 e. The molecule has 2 aromatic heterocycles. The van der Waals surface area contributed by atoms with Gasteiger partial charge in [0, 0.05) is 36.2 Å². The summed E-state index contributed by atoms with van der Waals surface area (Å²) in [6.45, 7) is 6.27. The lowest BCUT2D eigenvalue weighted by molar-refractivity contribution is 0.394. The Bertz CT molecular complexity index is 1090. The average Bonchev–Trinajstić information content (AvgIpc) is 2.82. The van der Waals surface area contributed by atoms with Gasteiger partial charge in [-0.25, -0.2) is 9.98 Å². The molecule has 0 spiro atoms. The van der Waals surface area contributed by atoms with E-state index in [2.05, 4.69) is 23.7 Å². The topological polar surface area (TPSA) is 79.8 Å². The van der Waals surface area contributed by atoms with Crippen LogP contribution in [-0.4, -0.2) is 48.5 Å². The minimum absolute atomic E-state index is 0.191. The molecular formula is C25H32N4O3. The van der Waals surface area contributed by atoms with Crippen LogP contribution in [0.4, 0.5) is 5.82 Å². The maximum absolute atomic E-state index is 11.8. The molecule has 0 fully saturated rings. The lowest BCUT2D eigenvalue weighted by Crippen LogP contribution is -2.24. The fraction of sp³-hybridized carbons (Fsp3) is 0.400. The van der Waals surface area contributed by atoms with E-state index in [0.717, 1.165) is 55.3 Å². The monoisotopic (exact) mass is 436 g/mol. The highest BCUT2D eigenvalue weighted by molar-refractivity contribution is 5.88. The third-order valence-corrected chi connectivity index (χ3v) is 5.29. The molecule has 2 heterocycles. The van der Waals surface area contributed by atoms with Crippen LogP contribution < -0.4 is 15.0 Å². The van der Waals surface area contributed by atoms with Gasteiger partial charge < -0.3 is 19.4 Å². The van der Waals surface area contributed by atoms with E-state index in [1.165, 1.54) is 6.07 Å². The van der Waals surface area contributed by atoms with E-state index >= 15 is 0 Å². The highest BCUT2D eigenvalue weighted by Crippen LogP contribution is 2.35. The first-order chi connectivity index (χ1) is 15.6. The second-order valence-corrected chi connectivity index (χ2v) is 7.71. The van der Waals surface area contributed by atoms with Gasteiger partial charge in [-0.15, -0.1) is 0 Å². The molecule has 0 unspecified atom stereocenters. The summed E-state index contributed by atoms with van der Waals surface area (Å²) >= 11 is 0. The second-order valence-electron chi connectivity index (χ2n) is 7.71. The van der Waals surface area contributed by atoms with Gasteiger partial charge in [0.1, 0.15) is 17.1 Å². The quantitative estimate of drug-likeness (QED) is 0.331. The number of benzene rings is 1. The predicted octanol–water partition coefficient (Wildman–Crippen LogP) is 5.17. The third-order valence-electron chi connectivity index (χ3n) is 5.29. The summed E-state index contributed by atoms with van der Waals surface area (Å²) in [5, 5.41) is 0.828. The number of H-pyrrole nitrogens is 1. The van der Waals surface area contributed by atoms with Crippen molar-refractivity contribution in [2.24, 2.45) is 4.99 Å². The summed E-state index contributed by atoms with van der Waals surface area (Å²) < 4.78 is 10.9. The van der Waals surface area contributed by atoms with Crippen molar-refractivity contribution in [3.63, 3.8) is 0 Å². The zero-order chi connectivity index (χ0) is 22.9. The Kier molecular flexibility index (Phi) is 8.25. The van der Waals surface area contributed by atoms with E-state index < -0.39 is 0 Å². The van der Waals surface area contributed by atoms with Crippen molar-refractivity contribution in [2.75, 3.05) is 27.3 Å². The van der Waals surface area contributed by atoms with Gasteiger partial charge in [0.05, 0.1) is 20.6 Å². The first-order valence-corrected chi connectivity index (χ1v) is 11.1. The summed E-state index contributed by atoms with van der Waals surface area (Å²) in [6, 6.07) is 11.0. The first-order valence-electron chi connectivity index (χ1n) is 11.1. The van der Waals surface area contributed by atoms with Crippen LogP contribution in [-0.2, 0) is 0 Å². The number of hydrogen-bond acceptors (Lipinski definition) is 5. The summed E-state index contributed by atoms with van der Waals surface area (Å²) in [7, 11) is 3.25. The van der Waals surface area contributed by atoms with Gasteiger partial charge in [-0.05, 0) is 42.7 Å². The fourth-order valence-corrected chi connectivity index (χ4v) is 3.43. The normalized spacial score (nSPS) is 11.2. The number of aliphatic imine (C=N–C) groups is 1. The molecule has 0 atom stereocenters. The summed E-state index contributed by atoms with van der Waals surface area (Å²) in [5.74, 6) is 1.90. The molecule has 0 radical (unpaired) electrons. The molecule has 3 rings (SSSR count). The van der Waals surface area contributed by atoms with Crippen LogP contribution in [0.2, 0.25) is 0 Å². The van der Waals surface area contributed by atoms with Crippen molar-refractivity contribution in [3.05, 3.63) is 46.8 Å². The number of nitrogens with zero attached hydrogens (tertiary/aromatic N) is 3. The van der Waals surface area contributed by atoms with Crippen LogP contribution in [0.5, 0.6) is 11.5 Å². The van der Waals surface area contributed by atoms with Crippen LogP contribution >= 0.6 is 0 Å². The minimum Gasteiger partial charge on any atom is -0.497 e. The number of unbranched alkanes of at least 4 members (excludes halogenated alkanes) is 2. The molecule has 0 bridgehead atoms. The Labute approximate surface area is 189 Å². The Balaban J connectivity index is 2.11. The molecule has 7 nitrogen and oxygen atoms in total. The molecule has 0 saturated carbocycles. The lowest BCUT2D eigenvalue weighted by Gasteiger charge is -2.19. The fourth-order valence-electron chi connectivity index (χ4n) is 3.43. The van der Waals surface area contributed by atoms with E-state index in [1.807, 2.05) is 30.6 Å². The number of hydrogen-bond donors (Lipinski definition) is 1. The molecule has 170 valence electrons. The van der Waals surface area contributed by atoms with Gasteiger partial charge >= 0.3 is 0 Å². The second kappa shape index (κ2) is 11.3. The number of pyridine rings is 2. The van der Waals surface area contributed by atoms with Crippen molar-refractivity contribution >= 4 is 23.2 Å². The Morgan fingerprint density at radius 2 is 1.66 bits per heavy atom. The number of fused-ring (bicyclic) bond motifs is 1. The Morgan fingerprint density at radius 3 is 2.25 bits per heavy atom. The molecule has 0 aliphatic heterocycles. The van der Waals surface area contributed by atoms with E-state index in [4.69, 9.17) is 19.5 Å². The molecule has 32 heavy (non-hydrogen) atoms. The van der Waals surface area contributed by atoms with Crippen molar-refractivity contribution in [3.8, 4) is 22.6 Å². The first kappa shape index (κ1) is 23.3. The van der Waals surface area contributed by atoms with Crippen LogP contribution in [0.3, 0.4) is 0 Å². The molecule has 0 aliphatic carbocycles. The SMILES string of the molecule is CCCCN(/C=N/c1nc2[nH]c(=O)ccc2cc1-c1cc(OC)cc(OC)c1)CCCC. The molecule has 7 heteroatoms. The third kappa shape index (κ3) is 5.87. The van der Waals surface area contributed by atoms with Gasteiger partial charge in [-0.2, -0.15) is 0 Å². The van der Waals surface area contributed by atoms with Crippen LogP contribution in [0, 0.1) is 0 Å². The highest BCUT2D eigenvalue weighted by atomic mass is 16.5. The molecule has 0 amide bonds. The van der Waals surface area contributed by atoms with E-state index in [9.17, 15) is 4.79 Å². The standard InChI is InChI=1S/C25H32N4O3/c1-5-7-11-29(12-8-6-2)17-26-25-22(15-18-9-10-23(30)27-24(18)28-25)19-13-20(31-3)16-21(14-19)32-4/h9-10,13-17H,5-8,11-12H2,1-4H3,(H,27,28,30)/b26-17+. The van der Waals surface area contributed by atoms with Gasteiger partial charge in [0.25, 0.3) is 0 Å². The zero-order valence-electron chi connectivity index (χ0n) is 19.4. The number of methoxy groups -OCH3 is 2. The maximum atomic E-state index is 11.8. The van der Waals surface area contributed by atoms with E-state index in [1.54, 1.807) is 20.3 Å². The number of aromatic amines is 1. The number of ether oxygens (including phenoxy) is 2. The van der Waals surface area contributed by atoms with Gasteiger partial charge in [0.15, 0.2) is 5.82 Å². The van der Waals surface area contributed by atoms with Gasteiger partial charge in [0.2, 0.25) is 5.56 Å². The molecule has 3 aromatic rings. The van der Waals surface area contributed by atoms with Crippen LogP contribution in [0.15, 0.2) is 46.2 Å². The Morgan fingerprint density at radius 1 is 1.00 bits per heavy atom. The lowest BCUT2D eigenvalue weighted by atomic mass is 10.0. The van der Waals surface area contributed by atoms with Crippen molar-refractivity contribution in [1.29, 1.82) is 0 Å². The molecule has 1 N–H and O–H groups in total. The van der Waals surface area contributed by atoms with Crippen LogP contribution in [0.25, 0.3) is 22.2 Å². The predicted molar refractivity (Wildman–Crippen MR) is 130 cm³/mol. The van der Waals surface area contributed by atoms with Crippen molar-refractivity contribution < 1.29 is 9.47 Å². The summed E-state index contributed by atoms with van der Waals surface area (Å²) in [6.07, 6.45) is 6.34.